The van der Waals surface area contributed by atoms with Crippen molar-refractivity contribution >= 4 is 5.91 Å². The number of amides is 1. The molecule has 8 nitrogen and oxygen atoms in total. The molecular formula is C21H21N5O3. The van der Waals surface area contributed by atoms with Crippen LogP contribution < -0.4 is 4.74 Å². The summed E-state index contributed by atoms with van der Waals surface area (Å²) in [5.74, 6) is 1.89. The summed E-state index contributed by atoms with van der Waals surface area (Å²) < 4.78 is 11.6. The van der Waals surface area contributed by atoms with Crippen LogP contribution in [0.1, 0.15) is 25.7 Å². The van der Waals surface area contributed by atoms with Gasteiger partial charge in [-0.25, -0.2) is 4.98 Å². The van der Waals surface area contributed by atoms with Gasteiger partial charge in [0, 0.05) is 18.3 Å². The minimum Gasteiger partial charge on any atom is -0.486 e. The predicted octanol–water partition coefficient (Wildman–Crippen LogP) is 2.97. The first-order valence-electron chi connectivity index (χ1n) is 9.93. The third-order valence-corrected chi connectivity index (χ3v) is 5.49. The average molecular weight is 391 g/mol. The molecule has 0 atom stereocenters. The first kappa shape index (κ1) is 17.8. The summed E-state index contributed by atoms with van der Waals surface area (Å²) in [6.07, 6.45) is 9.11. The second-order valence-electron chi connectivity index (χ2n) is 7.47. The number of benzene rings is 1. The van der Waals surface area contributed by atoms with E-state index in [2.05, 4.69) is 20.1 Å². The highest BCUT2D eigenvalue weighted by molar-refractivity contribution is 5.80. The molecule has 1 aromatic carbocycles. The van der Waals surface area contributed by atoms with Crippen LogP contribution in [0.3, 0.4) is 0 Å². The number of nitrogens with zero attached hydrogens (tertiary/aromatic N) is 5. The third-order valence-electron chi connectivity index (χ3n) is 5.49. The normalized spacial score (nSPS) is 17.3. The first-order valence-corrected chi connectivity index (χ1v) is 9.93. The van der Waals surface area contributed by atoms with Gasteiger partial charge in [-0.2, -0.15) is 4.98 Å². The van der Waals surface area contributed by atoms with E-state index < -0.39 is 0 Å². The summed E-state index contributed by atoms with van der Waals surface area (Å²) in [7, 11) is 0. The van der Waals surface area contributed by atoms with Gasteiger partial charge in [0.2, 0.25) is 11.7 Å². The molecule has 2 aliphatic rings. The van der Waals surface area contributed by atoms with Gasteiger partial charge >= 0.3 is 0 Å². The molecule has 2 fully saturated rings. The van der Waals surface area contributed by atoms with E-state index in [9.17, 15) is 4.79 Å². The highest BCUT2D eigenvalue weighted by atomic mass is 16.5. The van der Waals surface area contributed by atoms with E-state index in [1.807, 2.05) is 29.2 Å². The fraction of sp³-hybridized carbons (Fsp3) is 0.381. The molecule has 3 aromatic rings. The Hall–Kier alpha value is -3.29. The highest BCUT2D eigenvalue weighted by Crippen LogP contribution is 2.33. The smallest absolute Gasteiger partial charge is 0.262 e. The van der Waals surface area contributed by atoms with Crippen LogP contribution >= 0.6 is 0 Å². The molecule has 1 saturated heterocycles. The Labute approximate surface area is 167 Å². The minimum absolute atomic E-state index is 0.0242. The fourth-order valence-corrected chi connectivity index (χ4v) is 3.90. The lowest BCUT2D eigenvalue weighted by atomic mass is 10.0. The fourth-order valence-electron chi connectivity index (χ4n) is 3.90. The maximum Gasteiger partial charge on any atom is 0.262 e. The molecule has 0 unspecified atom stereocenters. The van der Waals surface area contributed by atoms with Crippen molar-refractivity contribution in [3.63, 3.8) is 0 Å². The maximum atomic E-state index is 12.5. The number of carbonyl (C=O) groups is 1. The van der Waals surface area contributed by atoms with Crippen molar-refractivity contribution in [2.75, 3.05) is 13.1 Å². The van der Waals surface area contributed by atoms with E-state index in [1.54, 1.807) is 18.6 Å². The summed E-state index contributed by atoms with van der Waals surface area (Å²) in [6, 6.07) is 7.55. The molecule has 8 heteroatoms. The molecule has 0 spiro atoms. The number of hydrogen-bond donors (Lipinski definition) is 0. The molecule has 0 N–H and O–H groups in total. The zero-order chi connectivity index (χ0) is 19.6. The van der Waals surface area contributed by atoms with Crippen LogP contribution in [0.4, 0.5) is 0 Å². The molecule has 3 heterocycles. The van der Waals surface area contributed by atoms with Crippen molar-refractivity contribution in [2.24, 2.45) is 5.92 Å². The molecule has 1 saturated carbocycles. The molecule has 1 aliphatic carbocycles. The van der Waals surface area contributed by atoms with Crippen molar-refractivity contribution < 1.29 is 14.1 Å². The van der Waals surface area contributed by atoms with Gasteiger partial charge in [0.25, 0.3) is 5.89 Å². The summed E-state index contributed by atoms with van der Waals surface area (Å²) in [5.41, 5.74) is 1.26. The van der Waals surface area contributed by atoms with Crippen molar-refractivity contribution in [2.45, 2.75) is 31.8 Å². The van der Waals surface area contributed by atoms with Crippen molar-refractivity contribution in [3.8, 4) is 28.7 Å². The SMILES string of the molecule is O=C(C1CCCC1)N1CC(Oc2ccccc2-c2nc(-c3cnccn3)no2)C1. The largest absolute Gasteiger partial charge is 0.486 e. The molecular weight excluding hydrogens is 370 g/mol. The number of carbonyl (C=O) groups excluding carboxylic acids is 1. The standard InChI is InChI=1S/C21H21N5O3/c27-21(14-5-1-2-6-14)26-12-15(13-26)28-18-8-4-3-7-16(18)20-24-19(25-29-20)17-11-22-9-10-23-17/h3-4,7-11,14-15H,1-2,5-6,12-13H2. The summed E-state index contributed by atoms with van der Waals surface area (Å²) >= 11 is 0. The quantitative estimate of drug-likeness (QED) is 0.660. The van der Waals surface area contributed by atoms with E-state index in [-0.39, 0.29) is 17.9 Å². The number of ether oxygens (including phenoxy) is 1. The van der Waals surface area contributed by atoms with Crippen molar-refractivity contribution in [1.82, 2.24) is 25.0 Å². The Morgan fingerprint density at radius 1 is 1.14 bits per heavy atom. The molecule has 29 heavy (non-hydrogen) atoms. The van der Waals surface area contributed by atoms with Crippen molar-refractivity contribution in [1.29, 1.82) is 0 Å². The zero-order valence-electron chi connectivity index (χ0n) is 15.9. The zero-order valence-corrected chi connectivity index (χ0v) is 15.9. The first-order chi connectivity index (χ1) is 14.3. The van der Waals surface area contributed by atoms with Crippen LogP contribution in [0.5, 0.6) is 5.75 Å². The Morgan fingerprint density at radius 2 is 1.97 bits per heavy atom. The second-order valence-corrected chi connectivity index (χ2v) is 7.47. The summed E-state index contributed by atoms with van der Waals surface area (Å²) in [4.78, 5) is 27.0. The van der Waals surface area contributed by atoms with Crippen LogP contribution in [0, 0.1) is 5.92 Å². The van der Waals surface area contributed by atoms with Crippen LogP contribution in [0.25, 0.3) is 23.0 Å². The molecule has 0 radical (unpaired) electrons. The monoisotopic (exact) mass is 391 g/mol. The molecule has 148 valence electrons. The number of likely N-dealkylation sites (tertiary alicyclic amines) is 1. The van der Waals surface area contributed by atoms with Gasteiger partial charge in [0.15, 0.2) is 0 Å². The Kier molecular flexibility index (Phi) is 4.67. The van der Waals surface area contributed by atoms with Gasteiger partial charge in [-0.05, 0) is 25.0 Å². The van der Waals surface area contributed by atoms with Crippen LogP contribution in [-0.4, -0.2) is 50.1 Å². The van der Waals surface area contributed by atoms with Gasteiger partial charge in [0.05, 0.1) is 24.8 Å². The van der Waals surface area contributed by atoms with Gasteiger partial charge in [-0.15, -0.1) is 0 Å². The van der Waals surface area contributed by atoms with Gasteiger partial charge < -0.3 is 14.2 Å². The lowest BCUT2D eigenvalue weighted by Gasteiger charge is -2.40. The van der Waals surface area contributed by atoms with E-state index in [4.69, 9.17) is 9.26 Å². The Bertz CT molecular complexity index is 994. The average Bonchev–Trinajstić information content (AvgIpc) is 3.43. The van der Waals surface area contributed by atoms with Crippen LogP contribution in [0.2, 0.25) is 0 Å². The molecule has 1 amide bonds. The molecule has 1 aliphatic heterocycles. The molecule has 0 bridgehead atoms. The lowest BCUT2D eigenvalue weighted by molar-refractivity contribution is -0.144. The highest BCUT2D eigenvalue weighted by Gasteiger charge is 2.37. The van der Waals surface area contributed by atoms with Gasteiger partial charge in [0.1, 0.15) is 17.5 Å². The number of para-hydroxylation sites is 1. The Balaban J connectivity index is 1.27. The molecule has 5 rings (SSSR count). The minimum atomic E-state index is -0.0242. The van der Waals surface area contributed by atoms with E-state index >= 15 is 0 Å². The third kappa shape index (κ3) is 3.57. The lowest BCUT2D eigenvalue weighted by Crippen LogP contribution is -2.57. The topological polar surface area (TPSA) is 94.2 Å². The summed E-state index contributed by atoms with van der Waals surface area (Å²) in [5, 5.41) is 4.00. The van der Waals surface area contributed by atoms with Crippen LogP contribution in [-0.2, 0) is 4.79 Å². The van der Waals surface area contributed by atoms with Crippen LogP contribution in [0.15, 0.2) is 47.4 Å². The van der Waals surface area contributed by atoms with E-state index in [0.29, 0.717) is 36.2 Å². The second kappa shape index (κ2) is 7.62. The van der Waals surface area contributed by atoms with E-state index in [0.717, 1.165) is 31.2 Å². The maximum absolute atomic E-state index is 12.5. The number of rotatable bonds is 5. The van der Waals surface area contributed by atoms with Gasteiger partial charge in [-0.3, -0.25) is 9.78 Å². The molecule has 2 aromatic heterocycles. The predicted molar refractivity (Wildman–Crippen MR) is 104 cm³/mol. The van der Waals surface area contributed by atoms with Gasteiger partial charge in [-0.1, -0.05) is 30.1 Å². The van der Waals surface area contributed by atoms with E-state index in [1.165, 1.54) is 0 Å². The van der Waals surface area contributed by atoms with Crippen molar-refractivity contribution in [3.05, 3.63) is 42.9 Å². The number of hydrogen-bond acceptors (Lipinski definition) is 7. The number of aromatic nitrogens is 4. The Morgan fingerprint density at radius 3 is 2.76 bits per heavy atom. The summed E-state index contributed by atoms with van der Waals surface area (Å²) in [6.45, 7) is 1.25.